The van der Waals surface area contributed by atoms with Gasteiger partial charge < -0.3 is 9.47 Å². The zero-order chi connectivity index (χ0) is 20.1. The summed E-state index contributed by atoms with van der Waals surface area (Å²) in [5, 5.41) is 0.900. The molecule has 0 N–H and O–H groups in total. The van der Waals surface area contributed by atoms with Crippen LogP contribution >= 0.6 is 11.3 Å². The Kier molecular flexibility index (Phi) is 7.05. The Morgan fingerprint density at radius 1 is 1.21 bits per heavy atom. The van der Waals surface area contributed by atoms with Crippen LogP contribution in [0.15, 0.2) is 24.3 Å². The molecule has 0 aliphatic heterocycles. The first-order valence-electron chi connectivity index (χ1n) is 10.1. The number of rotatable bonds is 7. The lowest BCUT2D eigenvalue weighted by molar-refractivity contribution is -0.167. The lowest BCUT2D eigenvalue weighted by atomic mass is 9.75. The quantitative estimate of drug-likeness (QED) is 0.623. The number of carbonyl (C=O) groups excluding carboxylic acids is 2. The third-order valence-electron chi connectivity index (χ3n) is 5.48. The fourth-order valence-electron chi connectivity index (χ4n) is 3.90. The molecule has 5 nitrogen and oxygen atoms in total. The molecular formula is C22H29NO4S. The molecule has 1 heterocycles. The van der Waals surface area contributed by atoms with Crippen molar-refractivity contribution < 1.29 is 19.1 Å². The maximum atomic E-state index is 12.2. The molecule has 1 aromatic carbocycles. The van der Waals surface area contributed by atoms with E-state index in [1.165, 1.54) is 6.42 Å². The number of hydrogen-bond donors (Lipinski definition) is 0. The Labute approximate surface area is 170 Å². The molecular weight excluding hydrogens is 374 g/mol. The van der Waals surface area contributed by atoms with Crippen LogP contribution in [0.1, 0.15) is 51.5 Å². The van der Waals surface area contributed by atoms with Gasteiger partial charge in [-0.05, 0) is 42.7 Å². The number of carbonyl (C=O) groups is 2. The second-order valence-corrected chi connectivity index (χ2v) is 9.21. The number of ether oxygens (including phenoxy) is 2. The van der Waals surface area contributed by atoms with Crippen molar-refractivity contribution in [2.45, 2.75) is 59.0 Å². The smallest absolute Gasteiger partial charge is 0.344 e. The van der Waals surface area contributed by atoms with Crippen LogP contribution in [0, 0.1) is 17.8 Å². The van der Waals surface area contributed by atoms with Crippen molar-refractivity contribution in [1.29, 1.82) is 0 Å². The van der Waals surface area contributed by atoms with Crippen LogP contribution < -0.4 is 0 Å². The molecule has 0 radical (unpaired) electrons. The molecule has 1 saturated carbocycles. The molecule has 0 bridgehead atoms. The summed E-state index contributed by atoms with van der Waals surface area (Å²) in [6.07, 6.45) is 3.80. The average molecular weight is 404 g/mol. The van der Waals surface area contributed by atoms with Gasteiger partial charge in [0.15, 0.2) is 6.61 Å². The standard InChI is InChI=1S/C22H29NO4S/c1-14(2)16-9-8-15(3)12-18(16)27-22(25)13-26-21(24)11-10-20-23-17-6-4-5-7-19(17)28-20/h4-7,14-16,18H,8-13H2,1-3H3/t15-,16+,18+/m0/s1. The Morgan fingerprint density at radius 3 is 2.75 bits per heavy atom. The lowest BCUT2D eigenvalue weighted by Gasteiger charge is -2.36. The van der Waals surface area contributed by atoms with Gasteiger partial charge in [0.25, 0.3) is 0 Å². The van der Waals surface area contributed by atoms with Gasteiger partial charge in [0.1, 0.15) is 6.10 Å². The maximum absolute atomic E-state index is 12.2. The second kappa shape index (κ2) is 9.50. The highest BCUT2D eigenvalue weighted by atomic mass is 32.1. The van der Waals surface area contributed by atoms with E-state index in [0.717, 1.165) is 28.1 Å². The van der Waals surface area contributed by atoms with E-state index in [-0.39, 0.29) is 19.1 Å². The maximum Gasteiger partial charge on any atom is 0.344 e. The highest BCUT2D eigenvalue weighted by Crippen LogP contribution is 2.35. The van der Waals surface area contributed by atoms with Crippen LogP contribution in [0.25, 0.3) is 10.2 Å². The molecule has 1 aromatic heterocycles. The minimum Gasteiger partial charge on any atom is -0.460 e. The summed E-state index contributed by atoms with van der Waals surface area (Å²) in [5.74, 6) is 0.576. The van der Waals surface area contributed by atoms with Gasteiger partial charge in [0.2, 0.25) is 0 Å². The highest BCUT2D eigenvalue weighted by Gasteiger charge is 2.33. The summed E-state index contributed by atoms with van der Waals surface area (Å²) >= 11 is 1.58. The van der Waals surface area contributed by atoms with Crippen molar-refractivity contribution in [2.24, 2.45) is 17.8 Å². The molecule has 3 rings (SSSR count). The molecule has 152 valence electrons. The van der Waals surface area contributed by atoms with E-state index in [1.807, 2.05) is 24.3 Å². The van der Waals surface area contributed by atoms with E-state index >= 15 is 0 Å². The molecule has 2 aromatic rings. The predicted molar refractivity (Wildman–Crippen MR) is 110 cm³/mol. The fraction of sp³-hybridized carbons (Fsp3) is 0.591. The van der Waals surface area contributed by atoms with Crippen molar-refractivity contribution in [2.75, 3.05) is 6.61 Å². The number of nitrogens with zero attached hydrogens (tertiary/aromatic N) is 1. The van der Waals surface area contributed by atoms with Gasteiger partial charge in [-0.25, -0.2) is 9.78 Å². The monoisotopic (exact) mass is 403 g/mol. The molecule has 6 heteroatoms. The number of fused-ring (bicyclic) bond motifs is 1. The topological polar surface area (TPSA) is 65.5 Å². The summed E-state index contributed by atoms with van der Waals surface area (Å²) in [5.41, 5.74) is 0.945. The minimum absolute atomic E-state index is 0.0716. The van der Waals surface area contributed by atoms with E-state index in [1.54, 1.807) is 11.3 Å². The van der Waals surface area contributed by atoms with Crippen LogP contribution in [0.4, 0.5) is 0 Å². The molecule has 1 aliphatic rings. The largest absolute Gasteiger partial charge is 0.460 e. The van der Waals surface area contributed by atoms with Gasteiger partial charge in [-0.15, -0.1) is 11.3 Å². The van der Waals surface area contributed by atoms with Crippen LogP contribution in [-0.2, 0) is 25.5 Å². The fourth-order valence-corrected chi connectivity index (χ4v) is 4.87. The van der Waals surface area contributed by atoms with E-state index in [4.69, 9.17) is 9.47 Å². The van der Waals surface area contributed by atoms with Crippen molar-refractivity contribution in [1.82, 2.24) is 4.98 Å². The van der Waals surface area contributed by atoms with Crippen LogP contribution in [0.5, 0.6) is 0 Å². The second-order valence-electron chi connectivity index (χ2n) is 8.09. The Balaban J connectivity index is 1.42. The number of para-hydroxylation sites is 1. The molecule has 1 fully saturated rings. The van der Waals surface area contributed by atoms with Crippen molar-refractivity contribution >= 4 is 33.5 Å². The summed E-state index contributed by atoms with van der Waals surface area (Å²) in [7, 11) is 0. The first-order chi connectivity index (χ1) is 13.4. The lowest BCUT2D eigenvalue weighted by Crippen LogP contribution is -2.36. The van der Waals surface area contributed by atoms with Gasteiger partial charge in [-0.1, -0.05) is 39.3 Å². The number of thiazole rings is 1. The zero-order valence-corrected chi connectivity index (χ0v) is 17.7. The molecule has 28 heavy (non-hydrogen) atoms. The number of aryl methyl sites for hydroxylation is 1. The molecule has 0 unspecified atom stereocenters. The van der Waals surface area contributed by atoms with Crippen molar-refractivity contribution in [3.8, 4) is 0 Å². The van der Waals surface area contributed by atoms with Gasteiger partial charge in [-0.2, -0.15) is 0 Å². The minimum atomic E-state index is -0.446. The number of benzene rings is 1. The van der Waals surface area contributed by atoms with Crippen LogP contribution in [0.2, 0.25) is 0 Å². The van der Waals surface area contributed by atoms with Crippen LogP contribution in [-0.4, -0.2) is 29.6 Å². The highest BCUT2D eigenvalue weighted by molar-refractivity contribution is 7.18. The third kappa shape index (κ3) is 5.53. The normalized spacial score (nSPS) is 22.4. The summed E-state index contributed by atoms with van der Waals surface area (Å²) < 4.78 is 11.9. The van der Waals surface area contributed by atoms with E-state index in [0.29, 0.717) is 24.2 Å². The number of hydrogen-bond acceptors (Lipinski definition) is 6. The first kappa shape index (κ1) is 20.8. The molecule has 0 amide bonds. The van der Waals surface area contributed by atoms with E-state index in [9.17, 15) is 9.59 Å². The van der Waals surface area contributed by atoms with Gasteiger partial charge >= 0.3 is 11.9 Å². The molecule has 0 spiro atoms. The van der Waals surface area contributed by atoms with Gasteiger partial charge in [0, 0.05) is 6.42 Å². The third-order valence-corrected chi connectivity index (χ3v) is 6.57. The predicted octanol–water partition coefficient (Wildman–Crippen LogP) is 4.78. The summed E-state index contributed by atoms with van der Waals surface area (Å²) in [6, 6.07) is 7.89. The molecule has 3 atom stereocenters. The number of aromatic nitrogens is 1. The van der Waals surface area contributed by atoms with Crippen molar-refractivity contribution in [3.63, 3.8) is 0 Å². The van der Waals surface area contributed by atoms with E-state index in [2.05, 4.69) is 25.8 Å². The first-order valence-corrected chi connectivity index (χ1v) is 10.9. The zero-order valence-electron chi connectivity index (χ0n) is 16.8. The Bertz CT molecular complexity index is 783. The van der Waals surface area contributed by atoms with Crippen molar-refractivity contribution in [3.05, 3.63) is 29.3 Å². The SMILES string of the molecule is CC(C)[C@H]1CC[C@H](C)C[C@H]1OC(=O)COC(=O)CCc1nc2ccccc2s1. The van der Waals surface area contributed by atoms with Crippen LogP contribution in [0.3, 0.4) is 0 Å². The Morgan fingerprint density at radius 2 is 2.00 bits per heavy atom. The molecule has 0 saturated heterocycles. The van der Waals surface area contributed by atoms with Gasteiger partial charge in [-0.3, -0.25) is 4.79 Å². The number of esters is 2. The summed E-state index contributed by atoms with van der Waals surface area (Å²) in [6.45, 7) is 6.22. The van der Waals surface area contributed by atoms with Gasteiger partial charge in [0.05, 0.1) is 21.6 Å². The summed E-state index contributed by atoms with van der Waals surface area (Å²) in [4.78, 5) is 28.7. The van der Waals surface area contributed by atoms with E-state index < -0.39 is 11.9 Å². The Hall–Kier alpha value is -1.95. The molecule has 1 aliphatic carbocycles. The average Bonchev–Trinajstić information content (AvgIpc) is 3.07.